The first-order valence-electron chi connectivity index (χ1n) is 4.98. The first-order valence-corrected chi connectivity index (χ1v) is 4.98. The van der Waals surface area contributed by atoms with Gasteiger partial charge in [0.15, 0.2) is 5.96 Å². The second kappa shape index (κ2) is 4.72. The van der Waals surface area contributed by atoms with E-state index in [1.54, 1.807) is 12.3 Å². The number of rotatable bonds is 2. The lowest BCUT2D eigenvalue weighted by atomic mass is 10.3. The Hall–Kier alpha value is -1.65. The van der Waals surface area contributed by atoms with Gasteiger partial charge in [-0.05, 0) is 18.6 Å². The second-order valence-electron chi connectivity index (χ2n) is 3.30. The summed E-state index contributed by atoms with van der Waals surface area (Å²) in [5.74, 6) is 0.438. The van der Waals surface area contributed by atoms with Gasteiger partial charge >= 0.3 is 0 Å². The molecule has 0 saturated carbocycles. The van der Waals surface area contributed by atoms with Gasteiger partial charge in [-0.3, -0.25) is 9.98 Å². The molecule has 0 aromatic carbocycles. The SMILES string of the molecule is Fc1cccnc1CNC1=NCCCN1. The van der Waals surface area contributed by atoms with Crippen LogP contribution < -0.4 is 10.6 Å². The lowest BCUT2D eigenvalue weighted by Crippen LogP contribution is -2.40. The Bertz CT molecular complexity index is 364. The Morgan fingerprint density at radius 2 is 2.47 bits per heavy atom. The molecular formula is C10H13FN4. The normalized spacial score (nSPS) is 15.4. The predicted molar refractivity (Wildman–Crippen MR) is 56.0 cm³/mol. The highest BCUT2D eigenvalue weighted by Gasteiger charge is 2.05. The van der Waals surface area contributed by atoms with Gasteiger partial charge in [0.2, 0.25) is 0 Å². The van der Waals surface area contributed by atoms with Crippen LogP contribution >= 0.6 is 0 Å². The highest BCUT2D eigenvalue weighted by atomic mass is 19.1. The number of guanidine groups is 1. The summed E-state index contributed by atoms with van der Waals surface area (Å²) in [5, 5.41) is 6.11. The molecule has 2 N–H and O–H groups in total. The third-order valence-corrected chi connectivity index (χ3v) is 2.16. The fraction of sp³-hybridized carbons (Fsp3) is 0.400. The van der Waals surface area contributed by atoms with Crippen LogP contribution in [0.25, 0.3) is 0 Å². The van der Waals surface area contributed by atoms with Crippen LogP contribution in [0.5, 0.6) is 0 Å². The van der Waals surface area contributed by atoms with Crippen molar-refractivity contribution in [2.45, 2.75) is 13.0 Å². The maximum atomic E-state index is 13.2. The molecular weight excluding hydrogens is 195 g/mol. The van der Waals surface area contributed by atoms with E-state index in [1.165, 1.54) is 6.07 Å². The summed E-state index contributed by atoms with van der Waals surface area (Å²) in [5.41, 5.74) is 0.410. The maximum Gasteiger partial charge on any atom is 0.191 e. The average Bonchev–Trinajstić information content (AvgIpc) is 2.29. The lowest BCUT2D eigenvalue weighted by molar-refractivity contribution is 0.591. The van der Waals surface area contributed by atoms with Gasteiger partial charge < -0.3 is 10.6 Å². The van der Waals surface area contributed by atoms with E-state index in [2.05, 4.69) is 20.6 Å². The smallest absolute Gasteiger partial charge is 0.191 e. The zero-order valence-electron chi connectivity index (χ0n) is 8.33. The summed E-state index contributed by atoms with van der Waals surface area (Å²) < 4.78 is 13.2. The van der Waals surface area contributed by atoms with Crippen LogP contribution in [0.4, 0.5) is 4.39 Å². The molecule has 5 heteroatoms. The van der Waals surface area contributed by atoms with E-state index in [1.807, 2.05) is 0 Å². The summed E-state index contributed by atoms with van der Waals surface area (Å²) >= 11 is 0. The molecule has 0 aliphatic carbocycles. The molecule has 0 amide bonds. The molecule has 1 aliphatic rings. The van der Waals surface area contributed by atoms with Gasteiger partial charge in [0.05, 0.1) is 12.2 Å². The highest BCUT2D eigenvalue weighted by molar-refractivity contribution is 5.80. The van der Waals surface area contributed by atoms with E-state index >= 15 is 0 Å². The number of nitrogens with one attached hydrogen (secondary N) is 2. The third-order valence-electron chi connectivity index (χ3n) is 2.16. The number of aliphatic imine (C=N–C) groups is 1. The molecule has 0 radical (unpaired) electrons. The number of halogens is 1. The quantitative estimate of drug-likeness (QED) is 0.750. The molecule has 1 aromatic heterocycles. The largest absolute Gasteiger partial charge is 0.356 e. The average molecular weight is 208 g/mol. The Kier molecular flexibility index (Phi) is 3.11. The van der Waals surface area contributed by atoms with Crippen molar-refractivity contribution in [1.82, 2.24) is 15.6 Å². The summed E-state index contributed by atoms with van der Waals surface area (Å²) in [6.45, 7) is 2.09. The molecule has 4 nitrogen and oxygen atoms in total. The fourth-order valence-electron chi connectivity index (χ4n) is 1.37. The molecule has 2 rings (SSSR count). The van der Waals surface area contributed by atoms with E-state index in [-0.39, 0.29) is 5.82 Å². The molecule has 0 unspecified atom stereocenters. The zero-order chi connectivity index (χ0) is 10.5. The van der Waals surface area contributed by atoms with Crippen molar-refractivity contribution in [3.63, 3.8) is 0 Å². The summed E-state index contributed by atoms with van der Waals surface area (Å²) in [4.78, 5) is 8.16. The first kappa shape index (κ1) is 9.89. The van der Waals surface area contributed by atoms with Crippen molar-refractivity contribution < 1.29 is 4.39 Å². The van der Waals surface area contributed by atoms with E-state index < -0.39 is 0 Å². The van der Waals surface area contributed by atoms with Crippen molar-refractivity contribution in [1.29, 1.82) is 0 Å². The van der Waals surface area contributed by atoms with Crippen molar-refractivity contribution in [3.05, 3.63) is 29.8 Å². The molecule has 1 aromatic rings. The number of hydrogen-bond donors (Lipinski definition) is 2. The number of hydrogen-bond acceptors (Lipinski definition) is 4. The molecule has 0 saturated heterocycles. The minimum absolute atomic E-state index is 0.290. The minimum Gasteiger partial charge on any atom is -0.356 e. The summed E-state index contributed by atoms with van der Waals surface area (Å²) in [6.07, 6.45) is 2.62. The van der Waals surface area contributed by atoms with Gasteiger partial charge in [-0.25, -0.2) is 4.39 Å². The predicted octanol–water partition coefficient (Wildman–Crippen LogP) is 0.660. The summed E-state index contributed by atoms with van der Waals surface area (Å²) in [7, 11) is 0. The Balaban J connectivity index is 1.93. The van der Waals surface area contributed by atoms with Crippen molar-refractivity contribution in [3.8, 4) is 0 Å². The maximum absolute atomic E-state index is 13.2. The first-order chi connectivity index (χ1) is 7.36. The van der Waals surface area contributed by atoms with Crippen molar-refractivity contribution >= 4 is 5.96 Å². The number of nitrogens with zero attached hydrogens (tertiary/aromatic N) is 2. The molecule has 0 fully saturated rings. The van der Waals surface area contributed by atoms with Crippen LogP contribution in [-0.2, 0) is 6.54 Å². The monoisotopic (exact) mass is 208 g/mol. The second-order valence-corrected chi connectivity index (χ2v) is 3.30. The fourth-order valence-corrected chi connectivity index (χ4v) is 1.37. The molecule has 15 heavy (non-hydrogen) atoms. The molecule has 0 atom stereocenters. The molecule has 0 spiro atoms. The van der Waals surface area contributed by atoms with Crippen LogP contribution in [0.3, 0.4) is 0 Å². The Morgan fingerprint density at radius 1 is 1.53 bits per heavy atom. The Labute approximate surface area is 87.6 Å². The van der Waals surface area contributed by atoms with Gasteiger partial charge in [-0.2, -0.15) is 0 Å². The molecule has 80 valence electrons. The van der Waals surface area contributed by atoms with Crippen LogP contribution in [0.2, 0.25) is 0 Å². The van der Waals surface area contributed by atoms with Gasteiger partial charge in [-0.15, -0.1) is 0 Å². The van der Waals surface area contributed by atoms with Crippen molar-refractivity contribution in [2.75, 3.05) is 13.1 Å². The van der Waals surface area contributed by atoms with Crippen LogP contribution in [0.1, 0.15) is 12.1 Å². The van der Waals surface area contributed by atoms with E-state index in [0.717, 1.165) is 25.5 Å². The zero-order valence-corrected chi connectivity index (χ0v) is 8.33. The van der Waals surface area contributed by atoms with Gasteiger partial charge in [-0.1, -0.05) is 0 Å². The van der Waals surface area contributed by atoms with Gasteiger partial charge in [0.25, 0.3) is 0 Å². The molecule has 0 bridgehead atoms. The van der Waals surface area contributed by atoms with Crippen LogP contribution in [-0.4, -0.2) is 24.0 Å². The molecule has 1 aliphatic heterocycles. The minimum atomic E-state index is -0.290. The van der Waals surface area contributed by atoms with E-state index in [9.17, 15) is 4.39 Å². The van der Waals surface area contributed by atoms with Crippen molar-refractivity contribution in [2.24, 2.45) is 4.99 Å². The lowest BCUT2D eigenvalue weighted by Gasteiger charge is -2.15. The Morgan fingerprint density at radius 3 is 3.20 bits per heavy atom. The van der Waals surface area contributed by atoms with Gasteiger partial charge in [0, 0.05) is 19.3 Å². The van der Waals surface area contributed by atoms with E-state index in [4.69, 9.17) is 0 Å². The van der Waals surface area contributed by atoms with Crippen LogP contribution in [0, 0.1) is 5.82 Å². The summed E-state index contributed by atoms with van der Waals surface area (Å²) in [6, 6.07) is 2.98. The third kappa shape index (κ3) is 2.65. The highest BCUT2D eigenvalue weighted by Crippen LogP contribution is 2.01. The van der Waals surface area contributed by atoms with E-state index in [0.29, 0.717) is 12.2 Å². The topological polar surface area (TPSA) is 49.3 Å². The van der Waals surface area contributed by atoms with Crippen LogP contribution in [0.15, 0.2) is 23.3 Å². The number of pyridine rings is 1. The molecule has 2 heterocycles. The number of aromatic nitrogens is 1. The standard InChI is InChI=1S/C10H13FN4/c11-8-3-1-4-12-9(8)7-15-10-13-5-2-6-14-10/h1,3-4H,2,5-7H2,(H2,13,14,15). The van der Waals surface area contributed by atoms with Gasteiger partial charge in [0.1, 0.15) is 5.82 Å².